The highest BCUT2D eigenvalue weighted by Crippen LogP contribution is 2.15. The number of carboxylic acid groups (broad SMARTS) is 4. The number of aromatic nitrogens is 1. The van der Waals surface area contributed by atoms with Gasteiger partial charge in [0.2, 0.25) is 0 Å². The Labute approximate surface area is 218 Å². The van der Waals surface area contributed by atoms with Gasteiger partial charge in [-0.3, -0.25) is 34.0 Å². The zero-order valence-electron chi connectivity index (χ0n) is 20.5. The smallest absolute Gasteiger partial charge is 0.317 e. The first kappa shape index (κ1) is 29.7. The molecule has 0 radical (unpaired) electrons. The molecular weight excluding hydrogens is 498 g/mol. The number of hydrogen-bond acceptors (Lipinski definition) is 9. The van der Waals surface area contributed by atoms with Gasteiger partial charge in [0.25, 0.3) is 0 Å². The molecule has 0 amide bonds. The summed E-state index contributed by atoms with van der Waals surface area (Å²) in [5, 5.41) is 36.6. The first-order chi connectivity index (χ1) is 17.9. The fraction of sp³-hybridized carbons (Fsp3) is 0.320. The number of aliphatic carboxylic acids is 4. The van der Waals surface area contributed by atoms with Crippen LogP contribution in [0.4, 0.5) is 5.69 Å². The molecule has 0 aliphatic rings. The molecule has 1 aromatic heterocycles. The van der Waals surface area contributed by atoms with E-state index < -0.39 is 50.1 Å². The summed E-state index contributed by atoms with van der Waals surface area (Å²) in [4.78, 5) is 51.5. The third kappa shape index (κ3) is 10.6. The Morgan fingerprint density at radius 2 is 1.18 bits per heavy atom. The van der Waals surface area contributed by atoms with Gasteiger partial charge in [-0.15, -0.1) is 0 Å². The molecule has 2 aromatic rings. The van der Waals surface area contributed by atoms with Crippen molar-refractivity contribution in [1.82, 2.24) is 14.8 Å². The molecule has 0 saturated heterocycles. The summed E-state index contributed by atoms with van der Waals surface area (Å²) in [7, 11) is 0. The Kier molecular flexibility index (Phi) is 11.2. The van der Waals surface area contributed by atoms with Gasteiger partial charge in [-0.1, -0.05) is 11.8 Å². The van der Waals surface area contributed by atoms with Crippen LogP contribution >= 0.6 is 0 Å². The van der Waals surface area contributed by atoms with Gasteiger partial charge in [0.1, 0.15) is 0 Å². The molecule has 0 spiro atoms. The number of nitrogens with two attached hydrogens (primary N) is 2. The van der Waals surface area contributed by atoms with Crippen molar-refractivity contribution in [3.05, 3.63) is 58.4 Å². The van der Waals surface area contributed by atoms with E-state index in [0.29, 0.717) is 29.8 Å². The molecule has 13 nitrogen and oxygen atoms in total. The van der Waals surface area contributed by atoms with Crippen molar-refractivity contribution >= 4 is 29.6 Å². The van der Waals surface area contributed by atoms with E-state index in [-0.39, 0.29) is 24.5 Å². The predicted molar refractivity (Wildman–Crippen MR) is 135 cm³/mol. The average molecular weight is 528 g/mol. The molecule has 0 bridgehead atoms. The van der Waals surface area contributed by atoms with Crippen molar-refractivity contribution in [1.29, 1.82) is 0 Å². The Hall–Kier alpha value is -4.51. The molecule has 8 N–H and O–H groups in total. The second kappa shape index (κ2) is 14.3. The molecule has 1 aromatic carbocycles. The fourth-order valence-electron chi connectivity index (χ4n) is 3.64. The van der Waals surface area contributed by atoms with Gasteiger partial charge in [0.15, 0.2) is 0 Å². The summed E-state index contributed by atoms with van der Waals surface area (Å²) < 4.78 is 0. The zero-order chi connectivity index (χ0) is 28.2. The van der Waals surface area contributed by atoms with Crippen LogP contribution in [0.15, 0.2) is 30.3 Å². The quantitative estimate of drug-likeness (QED) is 0.135. The molecule has 38 heavy (non-hydrogen) atoms. The SMILES string of the molecule is NCCc1cc(C#Cc2cc(CN(CC(=O)O)CC(=O)O)nc(CN(CC(=O)O)CC(=O)O)c2)ccc1N. The summed E-state index contributed by atoms with van der Waals surface area (Å²) in [6, 6.07) is 8.37. The van der Waals surface area contributed by atoms with Crippen molar-refractivity contribution in [3.8, 4) is 11.8 Å². The minimum absolute atomic E-state index is 0.151. The van der Waals surface area contributed by atoms with Gasteiger partial charge in [-0.2, -0.15) is 0 Å². The highest BCUT2D eigenvalue weighted by Gasteiger charge is 2.18. The van der Waals surface area contributed by atoms with E-state index in [1.807, 2.05) is 0 Å². The van der Waals surface area contributed by atoms with Crippen LogP contribution in [-0.4, -0.2) is 91.8 Å². The van der Waals surface area contributed by atoms with E-state index >= 15 is 0 Å². The number of nitrogen functional groups attached to an aromatic ring is 1. The Morgan fingerprint density at radius 1 is 0.737 bits per heavy atom. The summed E-state index contributed by atoms with van der Waals surface area (Å²) in [6.07, 6.45) is 0.566. The van der Waals surface area contributed by atoms with E-state index in [0.717, 1.165) is 15.4 Å². The number of pyridine rings is 1. The monoisotopic (exact) mass is 527 g/mol. The van der Waals surface area contributed by atoms with Crippen LogP contribution in [0, 0.1) is 11.8 Å². The van der Waals surface area contributed by atoms with E-state index in [2.05, 4.69) is 16.8 Å². The van der Waals surface area contributed by atoms with Gasteiger partial charge in [0, 0.05) is 29.9 Å². The molecule has 0 saturated carbocycles. The minimum Gasteiger partial charge on any atom is -0.480 e. The molecule has 13 heteroatoms. The number of hydrogen-bond donors (Lipinski definition) is 6. The second-order valence-electron chi connectivity index (χ2n) is 8.41. The van der Waals surface area contributed by atoms with Gasteiger partial charge < -0.3 is 31.9 Å². The van der Waals surface area contributed by atoms with Gasteiger partial charge in [-0.05, 0) is 48.9 Å². The minimum atomic E-state index is -1.23. The lowest BCUT2D eigenvalue weighted by atomic mass is 10.1. The second-order valence-corrected chi connectivity index (χ2v) is 8.41. The van der Waals surface area contributed by atoms with Crippen LogP contribution in [0.3, 0.4) is 0 Å². The number of carbonyl (C=O) groups is 4. The summed E-state index contributed by atoms with van der Waals surface area (Å²) in [5.74, 6) is 1.06. The van der Waals surface area contributed by atoms with Crippen molar-refractivity contribution in [2.24, 2.45) is 5.73 Å². The van der Waals surface area contributed by atoms with E-state index in [1.54, 1.807) is 30.3 Å². The van der Waals surface area contributed by atoms with Crippen molar-refractivity contribution in [2.45, 2.75) is 19.5 Å². The maximum Gasteiger partial charge on any atom is 0.317 e. The normalized spacial score (nSPS) is 10.7. The number of nitrogens with zero attached hydrogens (tertiary/aromatic N) is 3. The van der Waals surface area contributed by atoms with Crippen LogP contribution in [0.2, 0.25) is 0 Å². The zero-order valence-corrected chi connectivity index (χ0v) is 20.5. The van der Waals surface area contributed by atoms with Crippen LogP contribution in [0.5, 0.6) is 0 Å². The van der Waals surface area contributed by atoms with E-state index in [4.69, 9.17) is 31.9 Å². The largest absolute Gasteiger partial charge is 0.480 e. The topological polar surface area (TPSA) is 221 Å². The van der Waals surface area contributed by atoms with Crippen LogP contribution in [0.25, 0.3) is 0 Å². The van der Waals surface area contributed by atoms with Crippen molar-refractivity contribution < 1.29 is 39.6 Å². The molecule has 2 rings (SSSR count). The van der Waals surface area contributed by atoms with Crippen LogP contribution in [-0.2, 0) is 38.7 Å². The maximum atomic E-state index is 11.2. The highest BCUT2D eigenvalue weighted by atomic mass is 16.4. The standard InChI is InChI=1S/C25H29N5O8/c26-6-5-18-7-16(3-4-21(18)27)1-2-17-8-19(10-29(12-22(31)32)13-23(33)34)28-20(9-17)11-30(14-24(35)36)15-25(37)38/h3-4,7-9H,5-6,10-15,26-27H2,(H,31,32)(H,33,34)(H,35,36)(H,37,38). The lowest BCUT2D eigenvalue weighted by molar-refractivity contribution is -0.144. The molecule has 1 heterocycles. The Balaban J connectivity index is 2.48. The molecule has 0 fully saturated rings. The Morgan fingerprint density at radius 3 is 1.61 bits per heavy atom. The molecular formula is C25H29N5O8. The molecule has 0 aliphatic carbocycles. The highest BCUT2D eigenvalue weighted by molar-refractivity contribution is 5.73. The van der Waals surface area contributed by atoms with E-state index in [9.17, 15) is 19.2 Å². The number of benzene rings is 1. The first-order valence-electron chi connectivity index (χ1n) is 11.4. The molecule has 0 unspecified atom stereocenters. The summed E-state index contributed by atoms with van der Waals surface area (Å²) >= 11 is 0. The molecule has 0 atom stereocenters. The number of carboxylic acids is 4. The number of rotatable bonds is 14. The van der Waals surface area contributed by atoms with Gasteiger partial charge in [0.05, 0.1) is 37.6 Å². The van der Waals surface area contributed by atoms with Crippen molar-refractivity contribution in [3.63, 3.8) is 0 Å². The summed E-state index contributed by atoms with van der Waals surface area (Å²) in [6.45, 7) is -2.12. The predicted octanol–water partition coefficient (Wildman–Crippen LogP) is -0.493. The first-order valence-corrected chi connectivity index (χ1v) is 11.4. The van der Waals surface area contributed by atoms with E-state index in [1.165, 1.54) is 0 Å². The Bertz CT molecular complexity index is 1170. The fourth-order valence-corrected chi connectivity index (χ4v) is 3.64. The van der Waals surface area contributed by atoms with Crippen LogP contribution < -0.4 is 11.5 Å². The molecule has 202 valence electrons. The van der Waals surface area contributed by atoms with Gasteiger partial charge in [-0.25, -0.2) is 0 Å². The lowest BCUT2D eigenvalue weighted by Gasteiger charge is -2.20. The molecule has 0 aliphatic heterocycles. The lowest BCUT2D eigenvalue weighted by Crippen LogP contribution is -2.35. The van der Waals surface area contributed by atoms with Crippen LogP contribution in [0.1, 0.15) is 28.1 Å². The maximum absolute atomic E-state index is 11.2. The van der Waals surface area contributed by atoms with Gasteiger partial charge >= 0.3 is 23.9 Å². The third-order valence-corrected chi connectivity index (χ3v) is 5.05. The average Bonchev–Trinajstić information content (AvgIpc) is 2.77. The third-order valence-electron chi connectivity index (χ3n) is 5.05. The number of anilines is 1. The van der Waals surface area contributed by atoms with Crippen molar-refractivity contribution in [2.75, 3.05) is 38.5 Å². The summed E-state index contributed by atoms with van der Waals surface area (Å²) in [5.41, 5.74) is 14.7.